The van der Waals surface area contributed by atoms with Gasteiger partial charge in [-0.1, -0.05) is 13.0 Å². The maximum absolute atomic E-state index is 11.7. The van der Waals surface area contributed by atoms with Gasteiger partial charge >= 0.3 is 0 Å². The summed E-state index contributed by atoms with van der Waals surface area (Å²) in [6.45, 7) is 3.72. The largest absolute Gasteiger partial charge is 0.443 e. The molecule has 0 aliphatic rings. The predicted octanol–water partition coefficient (Wildman–Crippen LogP) is 1.40. The van der Waals surface area contributed by atoms with E-state index in [-0.39, 0.29) is 5.91 Å². The van der Waals surface area contributed by atoms with E-state index in [1.54, 1.807) is 11.9 Å². The Balaban J connectivity index is 2.01. The van der Waals surface area contributed by atoms with E-state index in [4.69, 9.17) is 4.42 Å². The summed E-state index contributed by atoms with van der Waals surface area (Å²) in [4.78, 5) is 17.5. The second-order valence-electron chi connectivity index (χ2n) is 4.18. The average molecular weight is 247 g/mol. The van der Waals surface area contributed by atoms with Crippen LogP contribution in [0, 0.1) is 0 Å². The number of hydrogen-bond donors (Lipinski definition) is 1. The van der Waals surface area contributed by atoms with E-state index in [0.29, 0.717) is 13.1 Å². The molecule has 0 spiro atoms. The molecule has 2 aromatic rings. The standard InChI is InChI=1S/C13H17N3O2/c1-3-14-7-13(17)16(2)8-10-4-5-11-12(6-10)18-9-15-11/h4-6,9,14H,3,7-8H2,1-2H3. The smallest absolute Gasteiger partial charge is 0.236 e. The molecule has 0 saturated carbocycles. The van der Waals surface area contributed by atoms with Crippen molar-refractivity contribution >= 4 is 17.0 Å². The second kappa shape index (κ2) is 5.64. The lowest BCUT2D eigenvalue weighted by Crippen LogP contribution is -2.35. The molecule has 1 heterocycles. The van der Waals surface area contributed by atoms with Crippen LogP contribution in [0.4, 0.5) is 0 Å². The molecule has 0 unspecified atom stereocenters. The number of fused-ring (bicyclic) bond motifs is 1. The minimum absolute atomic E-state index is 0.0783. The highest BCUT2D eigenvalue weighted by atomic mass is 16.3. The van der Waals surface area contributed by atoms with Gasteiger partial charge in [0.05, 0.1) is 6.54 Å². The molecular weight excluding hydrogens is 230 g/mol. The van der Waals surface area contributed by atoms with Crippen molar-refractivity contribution in [2.75, 3.05) is 20.1 Å². The summed E-state index contributed by atoms with van der Waals surface area (Å²) in [5.74, 6) is 0.0783. The minimum Gasteiger partial charge on any atom is -0.443 e. The zero-order valence-corrected chi connectivity index (χ0v) is 10.6. The minimum atomic E-state index is 0.0783. The molecule has 0 radical (unpaired) electrons. The Morgan fingerprint density at radius 3 is 3.11 bits per heavy atom. The fourth-order valence-corrected chi connectivity index (χ4v) is 1.73. The van der Waals surface area contributed by atoms with Crippen LogP contribution in [0.25, 0.3) is 11.1 Å². The second-order valence-corrected chi connectivity index (χ2v) is 4.18. The zero-order chi connectivity index (χ0) is 13.0. The molecule has 1 aromatic heterocycles. The first kappa shape index (κ1) is 12.6. The lowest BCUT2D eigenvalue weighted by atomic mass is 10.2. The van der Waals surface area contributed by atoms with Crippen molar-refractivity contribution in [2.24, 2.45) is 0 Å². The lowest BCUT2D eigenvalue weighted by molar-refractivity contribution is -0.129. The number of carbonyl (C=O) groups is 1. The van der Waals surface area contributed by atoms with Gasteiger partial charge in [0.25, 0.3) is 0 Å². The molecule has 1 N–H and O–H groups in total. The molecule has 0 aliphatic carbocycles. The van der Waals surface area contributed by atoms with Gasteiger partial charge in [0, 0.05) is 13.6 Å². The number of likely N-dealkylation sites (N-methyl/N-ethyl adjacent to an activating group) is 2. The number of carbonyl (C=O) groups excluding carboxylic acids is 1. The van der Waals surface area contributed by atoms with Crippen LogP contribution in [-0.4, -0.2) is 35.9 Å². The van der Waals surface area contributed by atoms with E-state index in [2.05, 4.69) is 10.3 Å². The van der Waals surface area contributed by atoms with E-state index in [1.165, 1.54) is 6.39 Å². The molecule has 0 saturated heterocycles. The number of rotatable bonds is 5. The lowest BCUT2D eigenvalue weighted by Gasteiger charge is -2.17. The van der Waals surface area contributed by atoms with E-state index in [1.807, 2.05) is 25.1 Å². The normalized spacial score (nSPS) is 10.8. The van der Waals surface area contributed by atoms with Crippen LogP contribution < -0.4 is 5.32 Å². The van der Waals surface area contributed by atoms with Gasteiger partial charge in [-0.3, -0.25) is 4.79 Å². The van der Waals surface area contributed by atoms with Crippen molar-refractivity contribution in [3.8, 4) is 0 Å². The summed E-state index contributed by atoms with van der Waals surface area (Å²) in [5.41, 5.74) is 2.62. The van der Waals surface area contributed by atoms with E-state index < -0.39 is 0 Å². The topological polar surface area (TPSA) is 58.4 Å². The van der Waals surface area contributed by atoms with Crippen molar-refractivity contribution in [1.29, 1.82) is 0 Å². The molecule has 0 atom stereocenters. The molecule has 18 heavy (non-hydrogen) atoms. The molecule has 1 amide bonds. The number of nitrogens with zero attached hydrogens (tertiary/aromatic N) is 2. The molecule has 0 aliphatic heterocycles. The molecule has 96 valence electrons. The van der Waals surface area contributed by atoms with Gasteiger partial charge in [-0.2, -0.15) is 0 Å². The summed E-state index contributed by atoms with van der Waals surface area (Å²) < 4.78 is 5.24. The van der Waals surface area contributed by atoms with E-state index in [0.717, 1.165) is 23.2 Å². The Morgan fingerprint density at radius 2 is 2.33 bits per heavy atom. The number of aromatic nitrogens is 1. The summed E-state index contributed by atoms with van der Waals surface area (Å²) in [7, 11) is 1.80. The summed E-state index contributed by atoms with van der Waals surface area (Å²) in [6, 6.07) is 5.78. The van der Waals surface area contributed by atoms with Gasteiger partial charge in [-0.05, 0) is 24.2 Å². The highest BCUT2D eigenvalue weighted by Crippen LogP contribution is 2.15. The van der Waals surface area contributed by atoms with Gasteiger partial charge in [0.2, 0.25) is 5.91 Å². The van der Waals surface area contributed by atoms with Crippen molar-refractivity contribution < 1.29 is 9.21 Å². The Labute approximate surface area is 106 Å². The molecule has 5 nitrogen and oxygen atoms in total. The Hall–Kier alpha value is -1.88. The van der Waals surface area contributed by atoms with Gasteiger partial charge in [0.1, 0.15) is 5.52 Å². The monoisotopic (exact) mass is 247 g/mol. The highest BCUT2D eigenvalue weighted by molar-refractivity contribution is 5.78. The number of amides is 1. The van der Waals surface area contributed by atoms with Gasteiger partial charge in [-0.25, -0.2) is 4.98 Å². The molecule has 2 rings (SSSR count). The Bertz CT molecular complexity index is 536. The number of hydrogen-bond acceptors (Lipinski definition) is 4. The predicted molar refractivity (Wildman–Crippen MR) is 69.0 cm³/mol. The molecule has 5 heteroatoms. The fraction of sp³-hybridized carbons (Fsp3) is 0.385. The summed E-state index contributed by atoms with van der Waals surface area (Å²) in [6.07, 6.45) is 1.43. The van der Waals surface area contributed by atoms with Crippen LogP contribution in [0.1, 0.15) is 12.5 Å². The Morgan fingerprint density at radius 1 is 1.50 bits per heavy atom. The van der Waals surface area contributed by atoms with Crippen molar-refractivity contribution in [3.05, 3.63) is 30.2 Å². The third-order valence-electron chi connectivity index (χ3n) is 2.77. The Kier molecular flexibility index (Phi) is 3.94. The summed E-state index contributed by atoms with van der Waals surface area (Å²) in [5, 5.41) is 3.02. The fourth-order valence-electron chi connectivity index (χ4n) is 1.73. The van der Waals surface area contributed by atoms with Gasteiger partial charge < -0.3 is 14.6 Å². The molecule has 0 fully saturated rings. The van der Waals surface area contributed by atoms with Crippen LogP contribution >= 0.6 is 0 Å². The molecule has 1 aromatic carbocycles. The third-order valence-corrected chi connectivity index (χ3v) is 2.77. The van der Waals surface area contributed by atoms with Gasteiger partial charge in [-0.15, -0.1) is 0 Å². The average Bonchev–Trinajstić information content (AvgIpc) is 2.83. The van der Waals surface area contributed by atoms with Crippen LogP contribution in [0.3, 0.4) is 0 Å². The van der Waals surface area contributed by atoms with Crippen molar-refractivity contribution in [3.63, 3.8) is 0 Å². The van der Waals surface area contributed by atoms with Crippen LogP contribution in [0.15, 0.2) is 29.0 Å². The first-order chi connectivity index (χ1) is 8.70. The molecule has 0 bridgehead atoms. The SMILES string of the molecule is CCNCC(=O)N(C)Cc1ccc2ncoc2c1. The van der Waals surface area contributed by atoms with Crippen LogP contribution in [0.5, 0.6) is 0 Å². The van der Waals surface area contributed by atoms with Crippen molar-refractivity contribution in [1.82, 2.24) is 15.2 Å². The quantitative estimate of drug-likeness (QED) is 0.867. The molecular formula is C13H17N3O2. The van der Waals surface area contributed by atoms with E-state index in [9.17, 15) is 4.79 Å². The zero-order valence-electron chi connectivity index (χ0n) is 10.6. The van der Waals surface area contributed by atoms with Crippen LogP contribution in [-0.2, 0) is 11.3 Å². The van der Waals surface area contributed by atoms with Crippen molar-refractivity contribution in [2.45, 2.75) is 13.5 Å². The number of benzene rings is 1. The first-order valence-corrected chi connectivity index (χ1v) is 5.97. The third kappa shape index (κ3) is 2.87. The number of oxazole rings is 1. The maximum atomic E-state index is 11.7. The van der Waals surface area contributed by atoms with Gasteiger partial charge in [0.15, 0.2) is 12.0 Å². The highest BCUT2D eigenvalue weighted by Gasteiger charge is 2.09. The van der Waals surface area contributed by atoms with Crippen LogP contribution in [0.2, 0.25) is 0 Å². The maximum Gasteiger partial charge on any atom is 0.236 e. The number of nitrogens with one attached hydrogen (secondary N) is 1. The van der Waals surface area contributed by atoms with E-state index >= 15 is 0 Å². The summed E-state index contributed by atoms with van der Waals surface area (Å²) >= 11 is 0. The first-order valence-electron chi connectivity index (χ1n) is 5.97.